The van der Waals surface area contributed by atoms with Gasteiger partial charge in [-0.3, -0.25) is 4.79 Å². The highest BCUT2D eigenvalue weighted by Gasteiger charge is 2.23. The van der Waals surface area contributed by atoms with Crippen LogP contribution >= 0.6 is 11.6 Å². The molecule has 96 valence electrons. The number of carbonyl (C=O) groups is 1. The number of aromatic nitrogens is 2. The third-order valence-electron chi connectivity index (χ3n) is 2.39. The molecular formula is C11H11ClN2O4. The zero-order valence-electron chi connectivity index (χ0n) is 9.87. The van der Waals surface area contributed by atoms with E-state index < -0.39 is 11.5 Å². The third-order valence-corrected chi connectivity index (χ3v) is 2.65. The zero-order chi connectivity index (χ0) is 13.3. The summed E-state index contributed by atoms with van der Waals surface area (Å²) in [6, 6.07) is 0. The lowest BCUT2D eigenvalue weighted by Crippen LogP contribution is -2.14. The Morgan fingerprint density at radius 3 is 2.89 bits per heavy atom. The Hall–Kier alpha value is -1.82. The molecule has 0 aromatic carbocycles. The van der Waals surface area contributed by atoms with Crippen LogP contribution < -0.4 is 5.56 Å². The van der Waals surface area contributed by atoms with Gasteiger partial charge in [0.2, 0.25) is 5.71 Å². The predicted molar refractivity (Wildman–Crippen MR) is 64.9 cm³/mol. The van der Waals surface area contributed by atoms with E-state index in [2.05, 4.69) is 9.97 Å². The van der Waals surface area contributed by atoms with Gasteiger partial charge in [-0.25, -0.2) is 4.79 Å². The summed E-state index contributed by atoms with van der Waals surface area (Å²) in [6.07, 6.45) is 0. The van der Waals surface area contributed by atoms with E-state index in [0.29, 0.717) is 11.6 Å². The molecule has 0 atom stereocenters. The van der Waals surface area contributed by atoms with Gasteiger partial charge < -0.3 is 14.1 Å². The van der Waals surface area contributed by atoms with Crippen molar-refractivity contribution in [2.75, 3.05) is 6.61 Å². The minimum Gasteiger partial charge on any atom is -0.462 e. The van der Waals surface area contributed by atoms with Gasteiger partial charge in [0.1, 0.15) is 22.5 Å². The lowest BCUT2D eigenvalue weighted by molar-refractivity contribution is 0.0526. The quantitative estimate of drug-likeness (QED) is 0.678. The average molecular weight is 271 g/mol. The topological polar surface area (TPSA) is 85.2 Å². The first-order chi connectivity index (χ1) is 8.58. The Morgan fingerprint density at radius 2 is 2.28 bits per heavy atom. The molecule has 0 aliphatic carbocycles. The number of fused-ring (bicyclic) bond motifs is 1. The third kappa shape index (κ3) is 1.99. The molecule has 0 fully saturated rings. The van der Waals surface area contributed by atoms with Crippen molar-refractivity contribution >= 4 is 28.7 Å². The molecule has 2 rings (SSSR count). The highest BCUT2D eigenvalue weighted by atomic mass is 35.5. The number of carbonyl (C=O) groups excluding carboxylic acids is 1. The molecule has 0 amide bonds. The van der Waals surface area contributed by atoms with Crippen molar-refractivity contribution in [2.45, 2.75) is 19.7 Å². The molecule has 0 saturated carbocycles. The number of hydrogen-bond donors (Lipinski definition) is 1. The monoisotopic (exact) mass is 270 g/mol. The van der Waals surface area contributed by atoms with Crippen molar-refractivity contribution < 1.29 is 13.9 Å². The number of ether oxygens (including phenoxy) is 1. The minimum atomic E-state index is -0.598. The van der Waals surface area contributed by atoms with Gasteiger partial charge in [0, 0.05) is 0 Å². The molecule has 0 radical (unpaired) electrons. The second-order valence-electron chi connectivity index (χ2n) is 3.58. The molecule has 0 aliphatic heterocycles. The number of aryl methyl sites for hydroxylation is 1. The van der Waals surface area contributed by atoms with Crippen molar-refractivity contribution in [3.8, 4) is 0 Å². The van der Waals surface area contributed by atoms with Crippen molar-refractivity contribution in [1.29, 1.82) is 0 Å². The molecule has 6 nitrogen and oxygen atoms in total. The molecule has 0 unspecified atom stereocenters. The van der Waals surface area contributed by atoms with Crippen LogP contribution in [-0.2, 0) is 10.6 Å². The number of nitrogens with one attached hydrogen (secondary N) is 1. The number of H-pyrrole nitrogens is 1. The fourth-order valence-electron chi connectivity index (χ4n) is 1.68. The predicted octanol–water partition coefficient (Wildman–Crippen LogP) is 1.74. The lowest BCUT2D eigenvalue weighted by Gasteiger charge is -1.99. The Labute approximate surface area is 107 Å². The number of aromatic amines is 1. The SMILES string of the molecule is CCOC(=O)c1c(C)oc2nc(CCl)[nH]c(=O)c12. The van der Waals surface area contributed by atoms with Crippen LogP contribution in [0, 0.1) is 6.92 Å². The number of halogens is 1. The highest BCUT2D eigenvalue weighted by molar-refractivity contribution is 6.16. The van der Waals surface area contributed by atoms with Crippen LogP contribution in [0.5, 0.6) is 0 Å². The molecule has 7 heteroatoms. The summed E-state index contributed by atoms with van der Waals surface area (Å²) in [5, 5.41) is 0.0971. The molecule has 2 heterocycles. The summed E-state index contributed by atoms with van der Waals surface area (Å²) in [5.74, 6) is 0.0471. The first-order valence-corrected chi connectivity index (χ1v) is 5.87. The molecule has 0 aliphatic rings. The number of alkyl halides is 1. The van der Waals surface area contributed by atoms with Crippen molar-refractivity contribution in [3.05, 3.63) is 27.5 Å². The van der Waals surface area contributed by atoms with Crippen LogP contribution in [0.15, 0.2) is 9.21 Å². The van der Waals surface area contributed by atoms with Gasteiger partial charge in [0.25, 0.3) is 5.56 Å². The minimum absolute atomic E-state index is 0.0552. The molecule has 0 bridgehead atoms. The van der Waals surface area contributed by atoms with E-state index in [1.165, 1.54) is 0 Å². The van der Waals surface area contributed by atoms with E-state index >= 15 is 0 Å². The fourth-order valence-corrected chi connectivity index (χ4v) is 1.80. The molecule has 1 N–H and O–H groups in total. The smallest absolute Gasteiger partial charge is 0.342 e. The van der Waals surface area contributed by atoms with Gasteiger partial charge >= 0.3 is 5.97 Å². The Kier molecular flexibility index (Phi) is 3.38. The standard InChI is InChI=1S/C11H11ClN2O4/c1-3-17-11(16)7-5(2)18-10-8(7)9(15)13-6(4-12)14-10/h3-4H2,1-2H3,(H,13,14,15). The molecule has 0 saturated heterocycles. The maximum Gasteiger partial charge on any atom is 0.342 e. The zero-order valence-corrected chi connectivity index (χ0v) is 10.6. The van der Waals surface area contributed by atoms with Gasteiger partial charge in [-0.1, -0.05) is 0 Å². The highest BCUT2D eigenvalue weighted by Crippen LogP contribution is 2.21. The van der Waals surface area contributed by atoms with Crippen molar-refractivity contribution in [3.63, 3.8) is 0 Å². The average Bonchev–Trinajstić information content (AvgIpc) is 2.66. The van der Waals surface area contributed by atoms with Crippen LogP contribution in [0.25, 0.3) is 11.1 Å². The maximum atomic E-state index is 11.9. The molecular weight excluding hydrogens is 260 g/mol. The summed E-state index contributed by atoms with van der Waals surface area (Å²) in [6.45, 7) is 3.48. The Morgan fingerprint density at radius 1 is 1.56 bits per heavy atom. The number of hydrogen-bond acceptors (Lipinski definition) is 5. The number of furan rings is 1. The number of nitrogens with zero attached hydrogens (tertiary/aromatic N) is 1. The summed E-state index contributed by atoms with van der Waals surface area (Å²) in [4.78, 5) is 30.1. The molecule has 18 heavy (non-hydrogen) atoms. The molecule has 2 aromatic rings. The van der Waals surface area contributed by atoms with E-state index in [4.69, 9.17) is 20.8 Å². The van der Waals surface area contributed by atoms with E-state index in [1.807, 2.05) is 0 Å². The van der Waals surface area contributed by atoms with Crippen LogP contribution in [0.2, 0.25) is 0 Å². The Bertz CT molecular complexity index is 659. The van der Waals surface area contributed by atoms with E-state index in [9.17, 15) is 9.59 Å². The first kappa shape index (κ1) is 12.6. The number of esters is 1. The fraction of sp³-hybridized carbons (Fsp3) is 0.364. The van der Waals surface area contributed by atoms with Gasteiger partial charge in [0.15, 0.2) is 0 Å². The van der Waals surface area contributed by atoms with E-state index in [0.717, 1.165) is 0 Å². The van der Waals surface area contributed by atoms with E-state index in [1.54, 1.807) is 13.8 Å². The second kappa shape index (κ2) is 4.81. The summed E-state index contributed by atoms with van der Waals surface area (Å²) >= 11 is 5.59. The van der Waals surface area contributed by atoms with Crippen molar-refractivity contribution in [2.24, 2.45) is 0 Å². The van der Waals surface area contributed by atoms with Crippen LogP contribution in [-0.4, -0.2) is 22.5 Å². The van der Waals surface area contributed by atoms with Gasteiger partial charge in [-0.05, 0) is 13.8 Å². The second-order valence-corrected chi connectivity index (χ2v) is 3.85. The Balaban J connectivity index is 2.71. The van der Waals surface area contributed by atoms with Crippen LogP contribution in [0.3, 0.4) is 0 Å². The largest absolute Gasteiger partial charge is 0.462 e. The first-order valence-electron chi connectivity index (χ1n) is 5.33. The maximum absolute atomic E-state index is 11.9. The normalized spacial score (nSPS) is 10.8. The summed E-state index contributed by atoms with van der Waals surface area (Å²) < 4.78 is 10.2. The number of rotatable bonds is 3. The molecule has 2 aromatic heterocycles. The van der Waals surface area contributed by atoms with Crippen LogP contribution in [0.1, 0.15) is 28.9 Å². The summed E-state index contributed by atoms with van der Waals surface area (Å²) in [5.41, 5.74) is -0.257. The summed E-state index contributed by atoms with van der Waals surface area (Å²) in [7, 11) is 0. The van der Waals surface area contributed by atoms with Gasteiger partial charge in [-0.15, -0.1) is 11.6 Å². The van der Waals surface area contributed by atoms with Gasteiger partial charge in [-0.2, -0.15) is 4.98 Å². The van der Waals surface area contributed by atoms with E-state index in [-0.39, 0.29) is 29.2 Å². The van der Waals surface area contributed by atoms with Crippen molar-refractivity contribution in [1.82, 2.24) is 9.97 Å². The van der Waals surface area contributed by atoms with Gasteiger partial charge in [0.05, 0.1) is 12.5 Å². The lowest BCUT2D eigenvalue weighted by atomic mass is 10.2. The molecule has 0 spiro atoms. The van der Waals surface area contributed by atoms with Crippen LogP contribution in [0.4, 0.5) is 0 Å².